The lowest BCUT2D eigenvalue weighted by Gasteiger charge is -2.49. The zero-order chi connectivity index (χ0) is 13.2. The summed E-state index contributed by atoms with van der Waals surface area (Å²) in [4.78, 5) is 2.86. The average molecular weight is 252 g/mol. The van der Waals surface area contributed by atoms with Crippen LogP contribution in [0.2, 0.25) is 0 Å². The summed E-state index contributed by atoms with van der Waals surface area (Å²) in [6.07, 6.45) is 8.57. The second kappa shape index (κ2) is 5.92. The van der Waals surface area contributed by atoms with Crippen molar-refractivity contribution in [3.05, 3.63) is 0 Å². The van der Waals surface area contributed by atoms with Crippen molar-refractivity contribution in [2.45, 2.75) is 83.8 Å². The fourth-order valence-electron chi connectivity index (χ4n) is 3.76. The van der Waals surface area contributed by atoms with Crippen LogP contribution in [0.25, 0.3) is 0 Å². The van der Waals surface area contributed by atoms with E-state index in [-0.39, 0.29) is 0 Å². The van der Waals surface area contributed by atoms with Crippen molar-refractivity contribution in [1.82, 2.24) is 10.2 Å². The number of piperazine rings is 1. The molecule has 18 heavy (non-hydrogen) atoms. The van der Waals surface area contributed by atoms with E-state index in [9.17, 15) is 0 Å². The van der Waals surface area contributed by atoms with Gasteiger partial charge in [-0.05, 0) is 39.0 Å². The molecule has 1 heterocycles. The summed E-state index contributed by atoms with van der Waals surface area (Å²) < 4.78 is 0. The second-order valence-electron chi connectivity index (χ2n) is 7.51. The fraction of sp³-hybridized carbons (Fsp3) is 1.00. The molecule has 0 aromatic carbocycles. The maximum absolute atomic E-state index is 3.74. The molecule has 1 aliphatic heterocycles. The van der Waals surface area contributed by atoms with Gasteiger partial charge in [0, 0.05) is 30.7 Å². The van der Waals surface area contributed by atoms with Crippen LogP contribution in [0, 0.1) is 5.92 Å². The summed E-state index contributed by atoms with van der Waals surface area (Å²) in [5.41, 5.74) is 0.297. The molecule has 0 bridgehead atoms. The molecular weight excluding hydrogens is 220 g/mol. The van der Waals surface area contributed by atoms with Crippen LogP contribution >= 0.6 is 0 Å². The van der Waals surface area contributed by atoms with Crippen LogP contribution in [-0.4, -0.2) is 35.6 Å². The smallest absolute Gasteiger partial charge is 0.0253 e. The van der Waals surface area contributed by atoms with Crippen LogP contribution in [0.5, 0.6) is 0 Å². The highest BCUT2D eigenvalue weighted by Crippen LogP contribution is 2.29. The normalized spacial score (nSPS) is 30.8. The Morgan fingerprint density at radius 3 is 2.44 bits per heavy atom. The molecule has 1 saturated carbocycles. The predicted octanol–water partition coefficient (Wildman–Crippen LogP) is 3.42. The first-order valence-corrected chi connectivity index (χ1v) is 7.99. The highest BCUT2D eigenvalue weighted by molar-refractivity contribution is 4.95. The van der Waals surface area contributed by atoms with Crippen molar-refractivity contribution in [3.63, 3.8) is 0 Å². The van der Waals surface area contributed by atoms with Crippen LogP contribution in [0.3, 0.4) is 0 Å². The molecule has 1 unspecified atom stereocenters. The molecule has 1 aliphatic carbocycles. The molecule has 0 radical (unpaired) electrons. The third kappa shape index (κ3) is 3.71. The third-order valence-electron chi connectivity index (χ3n) is 4.65. The van der Waals surface area contributed by atoms with E-state index in [1.807, 2.05) is 0 Å². The van der Waals surface area contributed by atoms with Crippen LogP contribution in [-0.2, 0) is 0 Å². The molecule has 2 fully saturated rings. The monoisotopic (exact) mass is 252 g/mol. The van der Waals surface area contributed by atoms with Gasteiger partial charge >= 0.3 is 0 Å². The summed E-state index contributed by atoms with van der Waals surface area (Å²) in [5, 5.41) is 3.74. The Morgan fingerprint density at radius 2 is 1.83 bits per heavy atom. The number of hydrogen-bond acceptors (Lipinski definition) is 2. The molecule has 1 N–H and O–H groups in total. The zero-order valence-corrected chi connectivity index (χ0v) is 12.8. The van der Waals surface area contributed by atoms with Gasteiger partial charge in [0.2, 0.25) is 0 Å². The second-order valence-corrected chi connectivity index (χ2v) is 7.51. The molecular formula is C16H32N2. The van der Waals surface area contributed by atoms with Crippen LogP contribution in [0.15, 0.2) is 0 Å². The lowest BCUT2D eigenvalue weighted by molar-refractivity contribution is 0.0291. The van der Waals surface area contributed by atoms with E-state index < -0.39 is 0 Å². The number of rotatable bonds is 3. The van der Waals surface area contributed by atoms with Gasteiger partial charge in [0.05, 0.1) is 0 Å². The summed E-state index contributed by atoms with van der Waals surface area (Å²) in [7, 11) is 0. The lowest BCUT2D eigenvalue weighted by Crippen LogP contribution is -2.64. The summed E-state index contributed by atoms with van der Waals surface area (Å²) in [6, 6.07) is 1.63. The van der Waals surface area contributed by atoms with Gasteiger partial charge in [-0.1, -0.05) is 33.1 Å². The molecule has 2 rings (SSSR count). The molecule has 106 valence electrons. The standard InChI is InChI=1S/C16H32N2/c1-13(2)10-15-11-17-16(3,4)12-18(15)14-8-6-5-7-9-14/h13-15,17H,5-12H2,1-4H3. The molecule has 1 saturated heterocycles. The summed E-state index contributed by atoms with van der Waals surface area (Å²) >= 11 is 0. The van der Waals surface area contributed by atoms with Gasteiger partial charge < -0.3 is 5.32 Å². The Hall–Kier alpha value is -0.0800. The summed E-state index contributed by atoms with van der Waals surface area (Å²) in [6.45, 7) is 11.8. The van der Waals surface area contributed by atoms with Crippen LogP contribution in [0.1, 0.15) is 66.2 Å². The maximum atomic E-state index is 3.74. The number of hydrogen-bond donors (Lipinski definition) is 1. The Labute approximate surface area is 114 Å². The third-order valence-corrected chi connectivity index (χ3v) is 4.65. The van der Waals surface area contributed by atoms with E-state index in [0.717, 1.165) is 18.0 Å². The van der Waals surface area contributed by atoms with Crippen LogP contribution < -0.4 is 5.32 Å². The highest BCUT2D eigenvalue weighted by Gasteiger charge is 2.36. The summed E-state index contributed by atoms with van der Waals surface area (Å²) in [5.74, 6) is 0.809. The molecule has 1 atom stereocenters. The quantitative estimate of drug-likeness (QED) is 0.828. The molecule has 2 heteroatoms. The maximum Gasteiger partial charge on any atom is 0.0253 e. The van der Waals surface area contributed by atoms with Gasteiger partial charge in [-0.3, -0.25) is 4.90 Å². The van der Waals surface area contributed by atoms with Gasteiger partial charge in [0.15, 0.2) is 0 Å². The van der Waals surface area contributed by atoms with E-state index in [0.29, 0.717) is 5.54 Å². The van der Waals surface area contributed by atoms with Crippen molar-refractivity contribution >= 4 is 0 Å². The number of nitrogens with zero attached hydrogens (tertiary/aromatic N) is 1. The molecule has 2 nitrogen and oxygen atoms in total. The first-order chi connectivity index (χ1) is 8.48. The van der Waals surface area contributed by atoms with Crippen molar-refractivity contribution < 1.29 is 0 Å². The van der Waals surface area contributed by atoms with E-state index in [1.54, 1.807) is 0 Å². The van der Waals surface area contributed by atoms with Crippen molar-refractivity contribution in [2.24, 2.45) is 5.92 Å². The predicted molar refractivity (Wildman–Crippen MR) is 78.9 cm³/mol. The largest absolute Gasteiger partial charge is 0.309 e. The number of nitrogens with one attached hydrogen (secondary N) is 1. The molecule has 2 aliphatic rings. The molecule has 0 aromatic rings. The topological polar surface area (TPSA) is 15.3 Å². The Morgan fingerprint density at radius 1 is 1.17 bits per heavy atom. The van der Waals surface area contributed by atoms with Gasteiger partial charge in [0.1, 0.15) is 0 Å². The zero-order valence-electron chi connectivity index (χ0n) is 12.8. The van der Waals surface area contributed by atoms with Crippen LogP contribution in [0.4, 0.5) is 0 Å². The SMILES string of the molecule is CC(C)CC1CNC(C)(C)CN1C1CCCCC1. The molecule has 0 amide bonds. The fourth-order valence-corrected chi connectivity index (χ4v) is 3.76. The van der Waals surface area contributed by atoms with Gasteiger partial charge in [0.25, 0.3) is 0 Å². The highest BCUT2D eigenvalue weighted by atomic mass is 15.3. The Bertz CT molecular complexity index is 254. The molecule has 0 aromatic heterocycles. The van der Waals surface area contributed by atoms with Crippen molar-refractivity contribution in [3.8, 4) is 0 Å². The van der Waals surface area contributed by atoms with E-state index >= 15 is 0 Å². The van der Waals surface area contributed by atoms with E-state index in [2.05, 4.69) is 37.9 Å². The van der Waals surface area contributed by atoms with Crippen molar-refractivity contribution in [1.29, 1.82) is 0 Å². The minimum absolute atomic E-state index is 0.297. The van der Waals surface area contributed by atoms with E-state index in [1.165, 1.54) is 51.6 Å². The Kier molecular flexibility index (Phi) is 4.71. The van der Waals surface area contributed by atoms with Crippen molar-refractivity contribution in [2.75, 3.05) is 13.1 Å². The Balaban J connectivity index is 2.03. The molecule has 0 spiro atoms. The van der Waals surface area contributed by atoms with Gasteiger partial charge in [-0.2, -0.15) is 0 Å². The first kappa shape index (κ1) is 14.3. The van der Waals surface area contributed by atoms with Gasteiger partial charge in [-0.15, -0.1) is 0 Å². The first-order valence-electron chi connectivity index (χ1n) is 7.99. The average Bonchev–Trinajstić information content (AvgIpc) is 2.32. The minimum Gasteiger partial charge on any atom is -0.309 e. The van der Waals surface area contributed by atoms with Gasteiger partial charge in [-0.25, -0.2) is 0 Å². The van der Waals surface area contributed by atoms with E-state index in [4.69, 9.17) is 0 Å². The minimum atomic E-state index is 0.297. The lowest BCUT2D eigenvalue weighted by atomic mass is 9.87.